The fourth-order valence-corrected chi connectivity index (χ4v) is 3.60. The molecule has 6 heteroatoms. The summed E-state index contributed by atoms with van der Waals surface area (Å²) in [5.74, 6) is 2.16. The normalized spacial score (nSPS) is 11.1. The second-order valence-corrected chi connectivity index (χ2v) is 8.06. The lowest BCUT2D eigenvalue weighted by Crippen LogP contribution is -2.06. The van der Waals surface area contributed by atoms with Gasteiger partial charge in [0.2, 0.25) is 0 Å². The van der Waals surface area contributed by atoms with Gasteiger partial charge in [0.1, 0.15) is 23.9 Å². The molecule has 0 radical (unpaired) electrons. The van der Waals surface area contributed by atoms with E-state index in [-0.39, 0.29) is 6.10 Å². The van der Waals surface area contributed by atoms with E-state index in [4.69, 9.17) is 14.5 Å². The first-order chi connectivity index (χ1) is 16.1. The molecule has 3 aromatic heterocycles. The maximum atomic E-state index is 6.08. The second-order valence-electron chi connectivity index (χ2n) is 8.06. The molecule has 0 aliphatic heterocycles. The number of pyridine rings is 2. The predicted molar refractivity (Wildman–Crippen MR) is 129 cm³/mol. The molecule has 0 fully saturated rings. The monoisotopic (exact) mass is 436 g/mol. The number of fused-ring (bicyclic) bond motifs is 1. The molecule has 5 rings (SSSR count). The average Bonchev–Trinajstić information content (AvgIpc) is 3.27. The smallest absolute Gasteiger partial charge is 0.178 e. The summed E-state index contributed by atoms with van der Waals surface area (Å²) in [5.41, 5.74) is 5.47. The van der Waals surface area contributed by atoms with E-state index in [0.717, 1.165) is 39.3 Å². The molecule has 0 amide bonds. The number of imidazole rings is 1. The van der Waals surface area contributed by atoms with E-state index >= 15 is 0 Å². The lowest BCUT2D eigenvalue weighted by Gasteiger charge is -2.14. The Morgan fingerprint density at radius 3 is 2.48 bits per heavy atom. The molecular weight excluding hydrogens is 412 g/mol. The highest BCUT2D eigenvalue weighted by molar-refractivity contribution is 5.81. The molecule has 1 N–H and O–H groups in total. The summed E-state index contributed by atoms with van der Waals surface area (Å²) in [6, 6.07) is 21.9. The third-order valence-electron chi connectivity index (χ3n) is 5.11. The van der Waals surface area contributed by atoms with Crippen LogP contribution in [0.4, 0.5) is 0 Å². The molecule has 0 bridgehead atoms. The number of H-pyrrole nitrogens is 1. The van der Waals surface area contributed by atoms with Crippen molar-refractivity contribution in [2.45, 2.75) is 26.6 Å². The number of nitrogens with zero attached hydrogens (tertiary/aromatic N) is 3. The zero-order valence-corrected chi connectivity index (χ0v) is 18.5. The number of rotatable bonds is 7. The summed E-state index contributed by atoms with van der Waals surface area (Å²) < 4.78 is 12.1. The molecule has 0 spiro atoms. The van der Waals surface area contributed by atoms with E-state index in [0.29, 0.717) is 18.1 Å². The van der Waals surface area contributed by atoms with E-state index in [1.54, 1.807) is 6.20 Å². The van der Waals surface area contributed by atoms with Crippen LogP contribution < -0.4 is 9.47 Å². The maximum absolute atomic E-state index is 6.08. The Bertz CT molecular complexity index is 1370. The standard InChI is InChI=1S/C27H24N4O2/c1-18(2)33-24-12-21(11-23(14-24)32-17-19-7-4-3-5-8-19)26-30-25-13-22(16-29-27(25)31-26)20-9-6-10-28-15-20/h3-16,18H,17H2,1-2H3,(H,29,30,31). The molecular formula is C27H24N4O2. The van der Waals surface area contributed by atoms with Gasteiger partial charge in [0.05, 0.1) is 11.6 Å². The Labute approximate surface area is 192 Å². The minimum Gasteiger partial charge on any atom is -0.491 e. The summed E-state index contributed by atoms with van der Waals surface area (Å²) in [4.78, 5) is 16.8. The van der Waals surface area contributed by atoms with Gasteiger partial charge in [-0.3, -0.25) is 4.98 Å². The summed E-state index contributed by atoms with van der Waals surface area (Å²) in [6.07, 6.45) is 5.44. The number of nitrogens with one attached hydrogen (secondary N) is 1. The van der Waals surface area contributed by atoms with Crippen molar-refractivity contribution in [1.82, 2.24) is 19.9 Å². The Balaban J connectivity index is 1.48. The predicted octanol–water partition coefficient (Wildman–Crippen LogP) is 6.05. The van der Waals surface area contributed by atoms with Crippen LogP contribution in [0.3, 0.4) is 0 Å². The number of benzene rings is 2. The third kappa shape index (κ3) is 4.85. The average molecular weight is 437 g/mol. The van der Waals surface area contributed by atoms with Gasteiger partial charge in [-0.15, -0.1) is 0 Å². The van der Waals surface area contributed by atoms with Crippen LogP contribution in [0.2, 0.25) is 0 Å². The van der Waals surface area contributed by atoms with Crippen LogP contribution in [0.1, 0.15) is 19.4 Å². The molecule has 6 nitrogen and oxygen atoms in total. The van der Waals surface area contributed by atoms with E-state index in [9.17, 15) is 0 Å². The highest BCUT2D eigenvalue weighted by Gasteiger charge is 2.12. The van der Waals surface area contributed by atoms with Gasteiger partial charge < -0.3 is 14.5 Å². The van der Waals surface area contributed by atoms with Crippen molar-refractivity contribution in [1.29, 1.82) is 0 Å². The number of ether oxygens (including phenoxy) is 2. The summed E-state index contributed by atoms with van der Waals surface area (Å²) in [5, 5.41) is 0. The zero-order valence-electron chi connectivity index (χ0n) is 18.5. The first-order valence-corrected chi connectivity index (χ1v) is 10.9. The first-order valence-electron chi connectivity index (χ1n) is 10.9. The minimum atomic E-state index is 0.0432. The van der Waals surface area contributed by atoms with Gasteiger partial charge in [-0.25, -0.2) is 9.97 Å². The molecule has 0 atom stereocenters. The number of aromatic amines is 1. The maximum Gasteiger partial charge on any atom is 0.178 e. The van der Waals surface area contributed by atoms with Crippen molar-refractivity contribution in [2.75, 3.05) is 0 Å². The second kappa shape index (κ2) is 9.12. The number of aromatic nitrogens is 4. The number of hydrogen-bond acceptors (Lipinski definition) is 5. The van der Waals surface area contributed by atoms with Crippen molar-refractivity contribution in [3.05, 3.63) is 90.9 Å². The van der Waals surface area contributed by atoms with Crippen LogP contribution in [0.15, 0.2) is 85.3 Å². The summed E-state index contributed by atoms with van der Waals surface area (Å²) in [7, 11) is 0. The molecule has 3 heterocycles. The fourth-order valence-electron chi connectivity index (χ4n) is 3.60. The van der Waals surface area contributed by atoms with Crippen molar-refractivity contribution in [3.8, 4) is 34.0 Å². The molecule has 0 unspecified atom stereocenters. The molecule has 2 aromatic carbocycles. The van der Waals surface area contributed by atoms with Gasteiger partial charge in [0.15, 0.2) is 5.65 Å². The van der Waals surface area contributed by atoms with Crippen LogP contribution in [0.5, 0.6) is 11.5 Å². The van der Waals surface area contributed by atoms with Gasteiger partial charge in [0.25, 0.3) is 0 Å². The summed E-state index contributed by atoms with van der Waals surface area (Å²) in [6.45, 7) is 4.48. The van der Waals surface area contributed by atoms with E-state index < -0.39 is 0 Å². The Morgan fingerprint density at radius 2 is 1.70 bits per heavy atom. The van der Waals surface area contributed by atoms with Crippen LogP contribution in [-0.4, -0.2) is 26.0 Å². The van der Waals surface area contributed by atoms with Gasteiger partial charge in [-0.2, -0.15) is 0 Å². The zero-order chi connectivity index (χ0) is 22.6. The molecule has 0 saturated heterocycles. The Morgan fingerprint density at radius 1 is 0.848 bits per heavy atom. The molecule has 0 aliphatic rings. The van der Waals surface area contributed by atoms with Gasteiger partial charge in [0, 0.05) is 41.3 Å². The first kappa shape index (κ1) is 20.7. The lowest BCUT2D eigenvalue weighted by atomic mass is 10.1. The van der Waals surface area contributed by atoms with E-state index in [1.165, 1.54) is 0 Å². The van der Waals surface area contributed by atoms with Crippen molar-refractivity contribution in [3.63, 3.8) is 0 Å². The van der Waals surface area contributed by atoms with Crippen LogP contribution in [0.25, 0.3) is 33.7 Å². The largest absolute Gasteiger partial charge is 0.491 e. The highest BCUT2D eigenvalue weighted by atomic mass is 16.5. The fraction of sp³-hybridized carbons (Fsp3) is 0.148. The van der Waals surface area contributed by atoms with Gasteiger partial charge in [-0.05, 0) is 43.7 Å². The van der Waals surface area contributed by atoms with Crippen molar-refractivity contribution < 1.29 is 9.47 Å². The SMILES string of the molecule is CC(C)Oc1cc(OCc2ccccc2)cc(-c2nc3ncc(-c4cccnc4)cc3[nH]2)c1. The molecule has 164 valence electrons. The van der Waals surface area contributed by atoms with Gasteiger partial charge in [-0.1, -0.05) is 36.4 Å². The summed E-state index contributed by atoms with van der Waals surface area (Å²) >= 11 is 0. The van der Waals surface area contributed by atoms with Crippen LogP contribution >= 0.6 is 0 Å². The van der Waals surface area contributed by atoms with Crippen LogP contribution in [0, 0.1) is 0 Å². The topological polar surface area (TPSA) is 72.9 Å². The Hall–Kier alpha value is -4.19. The minimum absolute atomic E-state index is 0.0432. The van der Waals surface area contributed by atoms with Crippen molar-refractivity contribution >= 4 is 11.2 Å². The van der Waals surface area contributed by atoms with Crippen LogP contribution in [-0.2, 0) is 6.61 Å². The van der Waals surface area contributed by atoms with Gasteiger partial charge >= 0.3 is 0 Å². The molecule has 33 heavy (non-hydrogen) atoms. The Kier molecular flexibility index (Phi) is 5.72. The van der Waals surface area contributed by atoms with E-state index in [1.807, 2.05) is 93.0 Å². The highest BCUT2D eigenvalue weighted by Crippen LogP contribution is 2.31. The third-order valence-corrected chi connectivity index (χ3v) is 5.11. The lowest BCUT2D eigenvalue weighted by molar-refractivity contribution is 0.239. The quantitative estimate of drug-likeness (QED) is 0.336. The van der Waals surface area contributed by atoms with Crippen molar-refractivity contribution in [2.24, 2.45) is 0 Å². The number of hydrogen-bond donors (Lipinski definition) is 1. The molecule has 0 saturated carbocycles. The van der Waals surface area contributed by atoms with E-state index in [2.05, 4.69) is 15.0 Å². The molecule has 0 aliphatic carbocycles. The molecule has 5 aromatic rings.